The number of H-pyrrole nitrogens is 1. The minimum absolute atomic E-state index is 0.803. The number of nitrogens with one attached hydrogen (secondary N) is 3. The van der Waals surface area contributed by atoms with E-state index in [1.165, 1.54) is 5.56 Å². The highest BCUT2D eigenvalue weighted by molar-refractivity contribution is 7.98. The van der Waals surface area contributed by atoms with Gasteiger partial charge in [-0.2, -0.15) is 16.9 Å². The molecule has 0 aliphatic heterocycles. The molecule has 0 spiro atoms. The second kappa shape index (κ2) is 10.7. The summed E-state index contributed by atoms with van der Waals surface area (Å²) in [5.41, 5.74) is 4.98. The van der Waals surface area contributed by atoms with Gasteiger partial charge in [-0.05, 0) is 41.7 Å². The van der Waals surface area contributed by atoms with Gasteiger partial charge < -0.3 is 15.7 Å². The van der Waals surface area contributed by atoms with Crippen LogP contribution in [0.25, 0.3) is 17.2 Å². The van der Waals surface area contributed by atoms with Crippen LogP contribution in [0.1, 0.15) is 11.1 Å². The summed E-state index contributed by atoms with van der Waals surface area (Å²) in [7, 11) is 0. The number of rotatable bonds is 10. The number of thioether (sulfide) groups is 1. The van der Waals surface area contributed by atoms with Crippen LogP contribution in [0.2, 0.25) is 0 Å². The minimum Gasteiger partial charge on any atom is -0.370 e. The first-order chi connectivity index (χ1) is 13.8. The molecule has 0 fully saturated rings. The molecular weight excluding hydrogens is 370 g/mol. The highest BCUT2D eigenvalue weighted by Gasteiger charge is 2.05. The Morgan fingerprint density at radius 3 is 2.82 bits per heavy atom. The molecule has 0 saturated carbocycles. The molecule has 7 heteroatoms. The Bertz CT molecular complexity index is 865. The first-order valence-corrected chi connectivity index (χ1v) is 10.5. The Morgan fingerprint density at radius 1 is 1.21 bits per heavy atom. The van der Waals surface area contributed by atoms with Crippen molar-refractivity contribution in [2.75, 3.05) is 23.9 Å². The summed E-state index contributed by atoms with van der Waals surface area (Å²) in [5.74, 6) is 1.11. The van der Waals surface area contributed by atoms with E-state index in [9.17, 15) is 5.11 Å². The highest BCUT2D eigenvalue weighted by atomic mass is 32.2. The van der Waals surface area contributed by atoms with Gasteiger partial charge in [-0.15, -0.1) is 0 Å². The first kappa shape index (κ1) is 20.1. The molecule has 0 aliphatic carbocycles. The molecule has 3 aromatic rings. The average Bonchev–Trinajstić information content (AvgIpc) is 3.26. The van der Waals surface area contributed by atoms with Crippen LogP contribution in [0.5, 0.6) is 0 Å². The number of hydrogen-bond donors (Lipinski definition) is 4. The molecule has 2 aromatic heterocycles. The number of aromatic nitrogens is 3. The zero-order valence-corrected chi connectivity index (χ0v) is 16.6. The summed E-state index contributed by atoms with van der Waals surface area (Å²) in [6.07, 6.45) is 12.0. The molecule has 1 unspecified atom stereocenters. The number of aliphatic hydroxyl groups excluding tert-OH is 1. The molecular formula is C21H25N5OS. The summed E-state index contributed by atoms with van der Waals surface area (Å²) in [5, 5.41) is 23.6. The van der Waals surface area contributed by atoms with Crippen LogP contribution < -0.4 is 10.6 Å². The Hall–Kier alpha value is -2.61. The highest BCUT2D eigenvalue weighted by Crippen LogP contribution is 2.22. The van der Waals surface area contributed by atoms with E-state index in [-0.39, 0.29) is 0 Å². The van der Waals surface area contributed by atoms with Crippen LogP contribution in [0.3, 0.4) is 0 Å². The Kier molecular flexibility index (Phi) is 7.66. The van der Waals surface area contributed by atoms with Gasteiger partial charge in [-0.25, -0.2) is 0 Å². The van der Waals surface area contributed by atoms with Crippen LogP contribution in [0.4, 0.5) is 5.69 Å². The fraction of sp³-hybridized carbons (Fsp3) is 0.238. The topological polar surface area (TPSA) is 85.9 Å². The Balaban J connectivity index is 1.56. The van der Waals surface area contributed by atoms with E-state index in [0.717, 1.165) is 41.2 Å². The van der Waals surface area contributed by atoms with E-state index in [4.69, 9.17) is 0 Å². The minimum atomic E-state index is -0.803. The van der Waals surface area contributed by atoms with Crippen molar-refractivity contribution in [3.05, 3.63) is 72.3 Å². The molecule has 0 bridgehead atoms. The first-order valence-electron chi connectivity index (χ1n) is 9.11. The molecule has 2 heterocycles. The van der Waals surface area contributed by atoms with Crippen LogP contribution in [-0.2, 0) is 6.54 Å². The number of pyridine rings is 1. The zero-order valence-electron chi connectivity index (χ0n) is 15.8. The van der Waals surface area contributed by atoms with Gasteiger partial charge in [0.05, 0.1) is 6.20 Å². The maximum absolute atomic E-state index is 10.3. The van der Waals surface area contributed by atoms with E-state index >= 15 is 0 Å². The summed E-state index contributed by atoms with van der Waals surface area (Å²) in [4.78, 5) is 4.17. The molecule has 0 radical (unpaired) electrons. The van der Waals surface area contributed by atoms with Gasteiger partial charge in [-0.3, -0.25) is 10.1 Å². The SMILES string of the molecule is CSCCNCc1ccc(NC(O)/C=C/c2cnccc2-c2cn[nH]c2)cc1. The van der Waals surface area contributed by atoms with Crippen molar-refractivity contribution in [3.63, 3.8) is 0 Å². The van der Waals surface area contributed by atoms with Crippen LogP contribution >= 0.6 is 11.8 Å². The van der Waals surface area contributed by atoms with Crippen molar-refractivity contribution in [1.29, 1.82) is 0 Å². The van der Waals surface area contributed by atoms with Gasteiger partial charge in [0.1, 0.15) is 6.23 Å². The van der Waals surface area contributed by atoms with Gasteiger partial charge in [0.25, 0.3) is 0 Å². The molecule has 0 saturated heterocycles. The third kappa shape index (κ3) is 5.95. The smallest absolute Gasteiger partial charge is 0.144 e. The second-order valence-electron chi connectivity index (χ2n) is 6.26. The maximum atomic E-state index is 10.3. The molecule has 1 aromatic carbocycles. The number of anilines is 1. The van der Waals surface area contributed by atoms with Gasteiger partial charge in [0.15, 0.2) is 0 Å². The standard InChI is InChI=1S/C21H25N5OS/c1-28-11-10-23-12-16-2-5-19(6-3-16)26-21(27)7-4-17-13-22-9-8-20(17)18-14-24-25-15-18/h2-9,13-15,21,23,26-27H,10-12H2,1H3,(H,24,25)/b7-4+. The van der Waals surface area contributed by atoms with E-state index in [1.54, 1.807) is 24.7 Å². The predicted octanol–water partition coefficient (Wildman–Crippen LogP) is 3.37. The summed E-state index contributed by atoms with van der Waals surface area (Å²) >= 11 is 1.83. The summed E-state index contributed by atoms with van der Waals surface area (Å²) < 4.78 is 0. The third-order valence-corrected chi connectivity index (χ3v) is 4.81. The normalized spacial score (nSPS) is 12.4. The predicted molar refractivity (Wildman–Crippen MR) is 117 cm³/mol. The Labute approximate surface area is 169 Å². The summed E-state index contributed by atoms with van der Waals surface area (Å²) in [6.45, 7) is 1.85. The van der Waals surface area contributed by atoms with Gasteiger partial charge >= 0.3 is 0 Å². The molecule has 146 valence electrons. The lowest BCUT2D eigenvalue weighted by molar-refractivity contribution is 0.253. The van der Waals surface area contributed by atoms with Crippen LogP contribution in [-0.4, -0.2) is 45.1 Å². The van der Waals surface area contributed by atoms with Crippen molar-refractivity contribution >= 4 is 23.5 Å². The van der Waals surface area contributed by atoms with Gasteiger partial charge in [0.2, 0.25) is 0 Å². The second-order valence-corrected chi connectivity index (χ2v) is 7.25. The van der Waals surface area contributed by atoms with Crippen LogP contribution in [0.15, 0.2) is 61.2 Å². The lowest BCUT2D eigenvalue weighted by Crippen LogP contribution is -2.17. The zero-order chi connectivity index (χ0) is 19.6. The fourth-order valence-corrected chi connectivity index (χ4v) is 3.09. The molecule has 0 amide bonds. The molecule has 3 rings (SSSR count). The number of hydrogen-bond acceptors (Lipinski definition) is 6. The maximum Gasteiger partial charge on any atom is 0.144 e. The average molecular weight is 396 g/mol. The molecule has 1 atom stereocenters. The van der Waals surface area contributed by atoms with Crippen molar-refractivity contribution in [1.82, 2.24) is 20.5 Å². The lowest BCUT2D eigenvalue weighted by Gasteiger charge is -2.12. The van der Waals surface area contributed by atoms with Crippen molar-refractivity contribution in [2.45, 2.75) is 12.8 Å². The summed E-state index contributed by atoms with van der Waals surface area (Å²) in [6, 6.07) is 10.00. The van der Waals surface area contributed by atoms with Crippen molar-refractivity contribution < 1.29 is 5.11 Å². The number of aliphatic hydroxyl groups is 1. The largest absolute Gasteiger partial charge is 0.370 e. The number of nitrogens with zero attached hydrogens (tertiary/aromatic N) is 2. The lowest BCUT2D eigenvalue weighted by atomic mass is 10.0. The van der Waals surface area contributed by atoms with Crippen LogP contribution in [0, 0.1) is 0 Å². The van der Waals surface area contributed by atoms with Crippen molar-refractivity contribution in [3.8, 4) is 11.1 Å². The van der Waals surface area contributed by atoms with E-state index in [1.807, 2.05) is 42.2 Å². The third-order valence-electron chi connectivity index (χ3n) is 4.20. The number of aromatic amines is 1. The molecule has 28 heavy (non-hydrogen) atoms. The quantitative estimate of drug-likeness (QED) is 0.311. The van der Waals surface area contributed by atoms with E-state index in [0.29, 0.717) is 0 Å². The Morgan fingerprint density at radius 2 is 2.07 bits per heavy atom. The van der Waals surface area contributed by atoms with E-state index < -0.39 is 6.23 Å². The molecule has 4 N–H and O–H groups in total. The monoisotopic (exact) mass is 395 g/mol. The fourth-order valence-electron chi connectivity index (χ4n) is 2.74. The van der Waals surface area contributed by atoms with E-state index in [2.05, 4.69) is 44.2 Å². The van der Waals surface area contributed by atoms with Gasteiger partial charge in [-0.1, -0.05) is 18.2 Å². The number of benzene rings is 1. The molecule has 6 nitrogen and oxygen atoms in total. The molecule has 0 aliphatic rings. The van der Waals surface area contributed by atoms with Crippen molar-refractivity contribution in [2.24, 2.45) is 0 Å². The van der Waals surface area contributed by atoms with Gasteiger partial charge in [0, 0.05) is 54.2 Å².